The van der Waals surface area contributed by atoms with E-state index >= 15 is 0 Å². The Hall–Kier alpha value is -1.35. The van der Waals surface area contributed by atoms with Gasteiger partial charge in [0, 0.05) is 12.6 Å². The molecule has 2 rings (SSSR count). The molecule has 1 aromatic rings. The van der Waals surface area contributed by atoms with Gasteiger partial charge in [-0.2, -0.15) is 0 Å². The molecule has 0 saturated heterocycles. The molecular formula is C18H28N2O. The first-order valence-corrected chi connectivity index (χ1v) is 8.13. The summed E-state index contributed by atoms with van der Waals surface area (Å²) in [6, 6.07) is 8.67. The van der Waals surface area contributed by atoms with Crippen molar-refractivity contribution in [2.75, 3.05) is 7.05 Å². The van der Waals surface area contributed by atoms with Crippen LogP contribution in [-0.2, 0) is 11.3 Å². The number of hydrogen-bond donors (Lipinski definition) is 1. The minimum absolute atomic E-state index is 0.0912. The lowest BCUT2D eigenvalue weighted by Gasteiger charge is -2.28. The number of nitrogens with one attached hydrogen (secondary N) is 1. The Labute approximate surface area is 128 Å². The SMILES string of the molecule is Cc1ccccc1CN(C)C(C)C(=O)NC1CCCCC1. The van der Waals surface area contributed by atoms with Gasteiger partial charge in [0.2, 0.25) is 5.91 Å². The van der Waals surface area contributed by atoms with Gasteiger partial charge in [-0.3, -0.25) is 9.69 Å². The summed E-state index contributed by atoms with van der Waals surface area (Å²) in [5.41, 5.74) is 2.57. The number of carbonyl (C=O) groups excluding carboxylic acids is 1. The summed E-state index contributed by atoms with van der Waals surface area (Å²) in [5, 5.41) is 3.22. The fraction of sp³-hybridized carbons (Fsp3) is 0.611. The van der Waals surface area contributed by atoms with Crippen molar-refractivity contribution in [2.24, 2.45) is 0 Å². The van der Waals surface area contributed by atoms with Crippen molar-refractivity contribution >= 4 is 5.91 Å². The number of hydrogen-bond acceptors (Lipinski definition) is 2. The summed E-state index contributed by atoms with van der Waals surface area (Å²) < 4.78 is 0. The van der Waals surface area contributed by atoms with Crippen LogP contribution in [0.2, 0.25) is 0 Å². The van der Waals surface area contributed by atoms with Crippen molar-refractivity contribution in [3.8, 4) is 0 Å². The van der Waals surface area contributed by atoms with E-state index in [9.17, 15) is 4.79 Å². The van der Waals surface area contributed by atoms with Crippen molar-refractivity contribution in [3.05, 3.63) is 35.4 Å². The molecule has 1 N–H and O–H groups in total. The lowest BCUT2D eigenvalue weighted by Crippen LogP contribution is -2.47. The predicted octanol–water partition coefficient (Wildman–Crippen LogP) is 3.26. The van der Waals surface area contributed by atoms with E-state index < -0.39 is 0 Å². The van der Waals surface area contributed by atoms with E-state index in [2.05, 4.69) is 41.4 Å². The van der Waals surface area contributed by atoms with E-state index in [1.807, 2.05) is 14.0 Å². The van der Waals surface area contributed by atoms with Gasteiger partial charge in [0.1, 0.15) is 0 Å². The molecule has 116 valence electrons. The standard InChI is InChI=1S/C18H28N2O/c1-14-9-7-8-10-16(14)13-20(3)15(2)18(21)19-17-11-5-4-6-12-17/h7-10,15,17H,4-6,11-13H2,1-3H3,(H,19,21). The fourth-order valence-electron chi connectivity index (χ4n) is 2.96. The van der Waals surface area contributed by atoms with Gasteiger partial charge in [-0.25, -0.2) is 0 Å². The van der Waals surface area contributed by atoms with Crippen LogP contribution in [-0.4, -0.2) is 29.9 Å². The number of nitrogens with zero attached hydrogens (tertiary/aromatic N) is 1. The lowest BCUT2D eigenvalue weighted by molar-refractivity contribution is -0.126. The maximum atomic E-state index is 12.4. The molecule has 1 aliphatic rings. The summed E-state index contributed by atoms with van der Waals surface area (Å²) in [4.78, 5) is 14.5. The maximum absolute atomic E-state index is 12.4. The first-order valence-electron chi connectivity index (χ1n) is 8.13. The lowest BCUT2D eigenvalue weighted by atomic mass is 9.95. The van der Waals surface area contributed by atoms with Crippen LogP contribution in [0.5, 0.6) is 0 Å². The highest BCUT2D eigenvalue weighted by molar-refractivity contribution is 5.81. The number of amides is 1. The summed E-state index contributed by atoms with van der Waals surface area (Å²) in [6.45, 7) is 4.93. The quantitative estimate of drug-likeness (QED) is 0.902. The van der Waals surface area contributed by atoms with Crippen molar-refractivity contribution in [2.45, 2.75) is 64.6 Å². The zero-order chi connectivity index (χ0) is 15.2. The Kier molecular flexibility index (Phi) is 5.80. The number of carbonyl (C=O) groups is 1. The van der Waals surface area contributed by atoms with Gasteiger partial charge in [-0.15, -0.1) is 0 Å². The number of aryl methyl sites for hydroxylation is 1. The normalized spacial score (nSPS) is 17.7. The highest BCUT2D eigenvalue weighted by atomic mass is 16.2. The molecule has 1 atom stereocenters. The Morgan fingerprint density at radius 2 is 1.95 bits per heavy atom. The topological polar surface area (TPSA) is 32.3 Å². The Balaban J connectivity index is 1.87. The molecule has 1 fully saturated rings. The molecule has 1 aromatic carbocycles. The highest BCUT2D eigenvalue weighted by Gasteiger charge is 2.22. The molecule has 3 nitrogen and oxygen atoms in total. The van der Waals surface area contributed by atoms with Crippen LogP contribution in [0.25, 0.3) is 0 Å². The Bertz CT molecular complexity index is 466. The second-order valence-electron chi connectivity index (χ2n) is 6.36. The highest BCUT2D eigenvalue weighted by Crippen LogP contribution is 2.18. The first-order chi connectivity index (χ1) is 10.1. The average Bonchev–Trinajstić information content (AvgIpc) is 2.49. The average molecular weight is 288 g/mol. The van der Waals surface area contributed by atoms with Crippen molar-refractivity contribution in [1.29, 1.82) is 0 Å². The van der Waals surface area contributed by atoms with E-state index in [1.165, 1.54) is 30.4 Å². The third kappa shape index (κ3) is 4.57. The minimum Gasteiger partial charge on any atom is -0.352 e. The largest absolute Gasteiger partial charge is 0.352 e. The summed E-state index contributed by atoms with van der Waals surface area (Å²) in [5.74, 6) is 0.165. The van der Waals surface area contributed by atoms with Crippen LogP contribution < -0.4 is 5.32 Å². The molecule has 3 heteroatoms. The van der Waals surface area contributed by atoms with Gasteiger partial charge in [0.25, 0.3) is 0 Å². The van der Waals surface area contributed by atoms with E-state index in [1.54, 1.807) is 0 Å². The monoisotopic (exact) mass is 288 g/mol. The van der Waals surface area contributed by atoms with Crippen molar-refractivity contribution < 1.29 is 4.79 Å². The molecule has 0 heterocycles. The molecular weight excluding hydrogens is 260 g/mol. The van der Waals surface area contributed by atoms with Crippen LogP contribution in [0.15, 0.2) is 24.3 Å². The Morgan fingerprint density at radius 3 is 2.62 bits per heavy atom. The van der Waals surface area contributed by atoms with Crippen LogP contribution in [0.4, 0.5) is 0 Å². The first kappa shape index (κ1) is 16.0. The molecule has 0 aromatic heterocycles. The zero-order valence-corrected chi connectivity index (χ0v) is 13.6. The van der Waals surface area contributed by atoms with Gasteiger partial charge < -0.3 is 5.32 Å². The third-order valence-corrected chi connectivity index (χ3v) is 4.67. The van der Waals surface area contributed by atoms with Crippen LogP contribution in [0.3, 0.4) is 0 Å². The van der Waals surface area contributed by atoms with E-state index in [-0.39, 0.29) is 11.9 Å². The van der Waals surface area contributed by atoms with Crippen molar-refractivity contribution in [3.63, 3.8) is 0 Å². The van der Waals surface area contributed by atoms with Gasteiger partial charge in [-0.05, 0) is 44.9 Å². The molecule has 0 spiro atoms. The fourth-order valence-corrected chi connectivity index (χ4v) is 2.96. The molecule has 1 unspecified atom stereocenters. The van der Waals surface area contributed by atoms with Crippen LogP contribution >= 0.6 is 0 Å². The zero-order valence-electron chi connectivity index (χ0n) is 13.6. The summed E-state index contributed by atoms with van der Waals surface area (Å²) in [6.07, 6.45) is 6.09. The summed E-state index contributed by atoms with van der Waals surface area (Å²) in [7, 11) is 2.03. The maximum Gasteiger partial charge on any atom is 0.237 e. The second-order valence-corrected chi connectivity index (χ2v) is 6.36. The third-order valence-electron chi connectivity index (χ3n) is 4.67. The molecule has 0 radical (unpaired) electrons. The smallest absolute Gasteiger partial charge is 0.237 e. The van der Waals surface area contributed by atoms with Crippen molar-refractivity contribution in [1.82, 2.24) is 10.2 Å². The van der Waals surface area contributed by atoms with Gasteiger partial charge in [-0.1, -0.05) is 43.5 Å². The molecule has 1 saturated carbocycles. The van der Waals surface area contributed by atoms with Gasteiger partial charge in [0.05, 0.1) is 6.04 Å². The molecule has 1 aliphatic carbocycles. The Morgan fingerprint density at radius 1 is 1.29 bits per heavy atom. The summed E-state index contributed by atoms with van der Waals surface area (Å²) >= 11 is 0. The van der Waals surface area contributed by atoms with Gasteiger partial charge in [0.15, 0.2) is 0 Å². The predicted molar refractivity (Wildman–Crippen MR) is 87.1 cm³/mol. The minimum atomic E-state index is -0.0912. The van der Waals surface area contributed by atoms with Gasteiger partial charge >= 0.3 is 0 Å². The number of likely N-dealkylation sites (N-methyl/N-ethyl adjacent to an activating group) is 1. The number of rotatable bonds is 5. The van der Waals surface area contributed by atoms with Crippen LogP contribution in [0.1, 0.15) is 50.2 Å². The van der Waals surface area contributed by atoms with Crippen LogP contribution in [0, 0.1) is 6.92 Å². The second kappa shape index (κ2) is 7.60. The van der Waals surface area contributed by atoms with E-state index in [4.69, 9.17) is 0 Å². The molecule has 0 aliphatic heterocycles. The molecule has 0 bridgehead atoms. The molecule has 1 amide bonds. The molecule has 21 heavy (non-hydrogen) atoms. The van der Waals surface area contributed by atoms with E-state index in [0.717, 1.165) is 19.4 Å². The van der Waals surface area contributed by atoms with E-state index in [0.29, 0.717) is 6.04 Å². The number of benzene rings is 1.